The summed E-state index contributed by atoms with van der Waals surface area (Å²) in [6, 6.07) is 11.3. The van der Waals surface area contributed by atoms with E-state index in [0.29, 0.717) is 4.90 Å². The van der Waals surface area contributed by atoms with Crippen LogP contribution in [0.4, 0.5) is 0 Å². The molecule has 1 aromatic heterocycles. The quantitative estimate of drug-likeness (QED) is 0.847. The number of rotatable bonds is 2. The van der Waals surface area contributed by atoms with Crippen molar-refractivity contribution >= 4 is 32.9 Å². The Bertz CT molecular complexity index is 630. The molecule has 0 spiro atoms. The zero-order chi connectivity index (χ0) is 11.9. The van der Waals surface area contributed by atoms with Gasteiger partial charge >= 0.3 is 0 Å². The molecule has 2 nitrogen and oxygen atoms in total. The maximum absolute atomic E-state index is 12.0. The van der Waals surface area contributed by atoms with Crippen LogP contribution in [-0.2, 0) is 9.84 Å². The molecule has 0 bridgehead atoms. The van der Waals surface area contributed by atoms with E-state index in [1.165, 1.54) is 4.21 Å². The summed E-state index contributed by atoms with van der Waals surface area (Å²) in [5.41, 5.74) is 0.950. The van der Waals surface area contributed by atoms with Crippen LogP contribution >= 0.6 is 23.1 Å². The molecule has 0 saturated carbocycles. The van der Waals surface area contributed by atoms with Crippen LogP contribution in [0.1, 0.15) is 10.8 Å². The predicted octanol–water partition coefficient (Wildman–Crippen LogP) is 3.37. The molecule has 1 aliphatic heterocycles. The molecule has 1 aromatic carbocycles. The monoisotopic (exact) mass is 282 g/mol. The molecule has 2 heterocycles. The average Bonchev–Trinajstić information content (AvgIpc) is 2.88. The van der Waals surface area contributed by atoms with Gasteiger partial charge in [0.05, 0.1) is 20.1 Å². The molecule has 0 amide bonds. The number of hydrogen-bond donors (Lipinski definition) is 0. The lowest BCUT2D eigenvalue weighted by atomic mass is 10.2. The minimum absolute atomic E-state index is 0.0369. The highest BCUT2D eigenvalue weighted by Crippen LogP contribution is 2.45. The fraction of sp³-hybridized carbons (Fsp3) is 0.167. The number of hydrogen-bond acceptors (Lipinski definition) is 4. The predicted molar refractivity (Wildman–Crippen MR) is 71.4 cm³/mol. The molecule has 17 heavy (non-hydrogen) atoms. The van der Waals surface area contributed by atoms with Gasteiger partial charge in [-0.05, 0) is 23.1 Å². The molecule has 3 rings (SSSR count). The molecule has 2 aromatic rings. The summed E-state index contributed by atoms with van der Waals surface area (Å²) >= 11 is 3.29. The smallest absolute Gasteiger partial charge is 0.180 e. The van der Waals surface area contributed by atoms with Gasteiger partial charge in [-0.1, -0.05) is 24.3 Å². The van der Waals surface area contributed by atoms with Crippen LogP contribution < -0.4 is 0 Å². The van der Waals surface area contributed by atoms with Crippen LogP contribution in [-0.4, -0.2) is 14.2 Å². The molecule has 1 atom stereocenters. The molecular formula is C12H10O2S3. The zero-order valence-corrected chi connectivity index (χ0v) is 11.3. The van der Waals surface area contributed by atoms with E-state index in [4.69, 9.17) is 0 Å². The van der Waals surface area contributed by atoms with Gasteiger partial charge in [0.2, 0.25) is 0 Å². The second-order valence-corrected chi connectivity index (χ2v) is 8.31. The van der Waals surface area contributed by atoms with E-state index < -0.39 is 9.84 Å². The SMILES string of the molecule is O=S1(=O)CC(Sc2cccs2)c2ccccc21. The van der Waals surface area contributed by atoms with Gasteiger partial charge in [0.1, 0.15) is 0 Å². The van der Waals surface area contributed by atoms with Gasteiger partial charge in [-0.3, -0.25) is 0 Å². The van der Waals surface area contributed by atoms with Crippen LogP contribution in [0.25, 0.3) is 0 Å². The average molecular weight is 282 g/mol. The summed E-state index contributed by atoms with van der Waals surface area (Å²) in [5, 5.41) is 2.05. The van der Waals surface area contributed by atoms with Crippen molar-refractivity contribution in [2.24, 2.45) is 0 Å². The molecule has 1 unspecified atom stereocenters. The van der Waals surface area contributed by atoms with Gasteiger partial charge in [0.15, 0.2) is 9.84 Å². The van der Waals surface area contributed by atoms with Crippen molar-refractivity contribution in [1.29, 1.82) is 0 Å². The number of thioether (sulfide) groups is 1. The first kappa shape index (κ1) is 11.3. The Morgan fingerprint density at radius 1 is 1.18 bits per heavy atom. The Kier molecular flexibility index (Phi) is 2.77. The van der Waals surface area contributed by atoms with Crippen molar-refractivity contribution in [1.82, 2.24) is 0 Å². The van der Waals surface area contributed by atoms with Gasteiger partial charge in [0.25, 0.3) is 0 Å². The molecule has 0 N–H and O–H groups in total. The minimum Gasteiger partial charge on any atom is -0.224 e. The summed E-state index contributed by atoms with van der Waals surface area (Å²) < 4.78 is 25.1. The number of thiophene rings is 1. The normalized spacial score (nSPS) is 21.3. The number of sulfone groups is 1. The highest BCUT2D eigenvalue weighted by Gasteiger charge is 2.34. The van der Waals surface area contributed by atoms with Gasteiger partial charge in [-0.25, -0.2) is 8.42 Å². The third-order valence-electron chi connectivity index (χ3n) is 2.73. The Morgan fingerprint density at radius 3 is 2.76 bits per heavy atom. The number of fused-ring (bicyclic) bond motifs is 1. The van der Waals surface area contributed by atoms with Gasteiger partial charge in [0, 0.05) is 0 Å². The van der Waals surface area contributed by atoms with E-state index in [1.807, 2.05) is 29.6 Å². The van der Waals surface area contributed by atoms with E-state index >= 15 is 0 Å². The fourth-order valence-electron chi connectivity index (χ4n) is 1.98. The van der Waals surface area contributed by atoms with Crippen molar-refractivity contribution in [2.75, 3.05) is 5.75 Å². The van der Waals surface area contributed by atoms with Crippen LogP contribution in [0, 0.1) is 0 Å². The van der Waals surface area contributed by atoms with Crippen molar-refractivity contribution in [3.05, 3.63) is 47.3 Å². The molecule has 88 valence electrons. The standard InChI is InChI=1S/C12H10O2S3/c13-17(14)8-10(16-12-6-3-7-15-12)9-4-1-2-5-11(9)17/h1-7,10H,8H2. The van der Waals surface area contributed by atoms with Gasteiger partial charge in [-0.2, -0.15) is 0 Å². The Hall–Kier alpha value is -0.780. The maximum Gasteiger partial charge on any atom is 0.180 e. The first-order valence-corrected chi connectivity index (χ1v) is 8.60. The van der Waals surface area contributed by atoms with Crippen LogP contribution in [0.5, 0.6) is 0 Å². The van der Waals surface area contributed by atoms with Gasteiger partial charge in [-0.15, -0.1) is 23.1 Å². The number of benzene rings is 1. The van der Waals surface area contributed by atoms with Crippen LogP contribution in [0.3, 0.4) is 0 Å². The molecule has 0 radical (unpaired) electrons. The molecule has 0 aliphatic carbocycles. The second-order valence-electron chi connectivity index (χ2n) is 3.86. The lowest BCUT2D eigenvalue weighted by Gasteiger charge is -2.07. The zero-order valence-electron chi connectivity index (χ0n) is 8.87. The minimum atomic E-state index is -3.07. The largest absolute Gasteiger partial charge is 0.224 e. The van der Waals surface area contributed by atoms with E-state index in [2.05, 4.69) is 0 Å². The van der Waals surface area contributed by atoms with Gasteiger partial charge < -0.3 is 0 Å². The molecule has 0 saturated heterocycles. The second kappa shape index (κ2) is 4.15. The summed E-state index contributed by atoms with van der Waals surface area (Å²) in [7, 11) is -3.07. The summed E-state index contributed by atoms with van der Waals surface area (Å²) in [6.07, 6.45) is 0. The van der Waals surface area contributed by atoms with Crippen LogP contribution in [0.15, 0.2) is 50.9 Å². The van der Waals surface area contributed by atoms with Crippen molar-refractivity contribution < 1.29 is 8.42 Å². The molecule has 0 fully saturated rings. The molecular weight excluding hydrogens is 272 g/mol. The van der Waals surface area contributed by atoms with Crippen molar-refractivity contribution in [2.45, 2.75) is 14.4 Å². The third-order valence-corrected chi connectivity index (χ3v) is 7.06. The first-order chi connectivity index (χ1) is 8.17. The highest BCUT2D eigenvalue weighted by molar-refractivity contribution is 8.03. The Balaban J connectivity index is 2.00. The van der Waals surface area contributed by atoms with E-state index in [9.17, 15) is 8.42 Å². The Labute approximate surface area is 109 Å². The van der Waals surface area contributed by atoms with Crippen molar-refractivity contribution in [3.8, 4) is 0 Å². The Morgan fingerprint density at radius 2 is 2.00 bits per heavy atom. The van der Waals surface area contributed by atoms with Crippen molar-refractivity contribution in [3.63, 3.8) is 0 Å². The van der Waals surface area contributed by atoms with E-state index in [1.54, 1.807) is 35.2 Å². The molecule has 5 heteroatoms. The van der Waals surface area contributed by atoms with E-state index in [-0.39, 0.29) is 11.0 Å². The highest BCUT2D eigenvalue weighted by atomic mass is 32.2. The lowest BCUT2D eigenvalue weighted by molar-refractivity contribution is 0.600. The maximum atomic E-state index is 12.0. The fourth-order valence-corrected chi connectivity index (χ4v) is 6.43. The van der Waals surface area contributed by atoms with E-state index in [0.717, 1.165) is 5.56 Å². The summed E-state index contributed by atoms with van der Waals surface area (Å²) in [4.78, 5) is 0.508. The third kappa shape index (κ3) is 2.03. The van der Waals surface area contributed by atoms with Crippen LogP contribution in [0.2, 0.25) is 0 Å². The molecule has 1 aliphatic rings. The topological polar surface area (TPSA) is 34.1 Å². The summed E-state index contributed by atoms with van der Waals surface area (Å²) in [6.45, 7) is 0. The lowest BCUT2D eigenvalue weighted by Crippen LogP contribution is -2.00. The summed E-state index contributed by atoms with van der Waals surface area (Å²) in [5.74, 6) is 0.217. The first-order valence-electron chi connectivity index (χ1n) is 5.19.